The largest absolute Gasteiger partial charge is 0.450 e. The molecule has 0 saturated heterocycles. The zero-order valence-electron chi connectivity index (χ0n) is 9.94. The third-order valence-electron chi connectivity index (χ3n) is 2.26. The minimum Gasteiger partial charge on any atom is -0.450 e. The third kappa shape index (κ3) is 5.15. The van der Waals surface area contributed by atoms with E-state index in [0.717, 1.165) is 24.7 Å². The van der Waals surface area contributed by atoms with Gasteiger partial charge in [0, 0.05) is 12.1 Å². The summed E-state index contributed by atoms with van der Waals surface area (Å²) in [6.07, 6.45) is 2.80. The van der Waals surface area contributed by atoms with Crippen molar-refractivity contribution in [2.24, 2.45) is 0 Å². The van der Waals surface area contributed by atoms with Crippen LogP contribution in [0.3, 0.4) is 0 Å². The highest BCUT2D eigenvalue weighted by Crippen LogP contribution is 2.11. The predicted octanol–water partition coefficient (Wildman–Crippen LogP) is 2.78. The molecule has 1 amide bonds. The van der Waals surface area contributed by atoms with Crippen LogP contribution in [0, 0.1) is 0 Å². The van der Waals surface area contributed by atoms with Gasteiger partial charge in [-0.15, -0.1) is 0 Å². The van der Waals surface area contributed by atoms with Gasteiger partial charge < -0.3 is 9.53 Å². The fraction of sp³-hybridized carbons (Fsp3) is 0.385. The molecule has 0 aliphatic carbocycles. The number of amides is 1. The summed E-state index contributed by atoms with van der Waals surface area (Å²) in [4.78, 5) is 21.3. The number of aryl methyl sites for hydroxylation is 1. The molecule has 0 aliphatic heterocycles. The Hall–Kier alpha value is -1.84. The van der Waals surface area contributed by atoms with E-state index in [0.29, 0.717) is 18.7 Å². The molecule has 1 aromatic carbocycles. The lowest BCUT2D eigenvalue weighted by atomic mass is 10.1. The fourth-order valence-corrected chi connectivity index (χ4v) is 1.43. The Kier molecular flexibility index (Phi) is 5.79. The number of hydrogen-bond acceptors (Lipinski definition) is 3. The van der Waals surface area contributed by atoms with Crippen LogP contribution in [-0.4, -0.2) is 19.0 Å². The Balaban J connectivity index is 2.44. The second-order valence-electron chi connectivity index (χ2n) is 3.60. The van der Waals surface area contributed by atoms with Crippen molar-refractivity contribution >= 4 is 18.1 Å². The molecule has 0 radical (unpaired) electrons. The van der Waals surface area contributed by atoms with Gasteiger partial charge in [0.25, 0.3) is 0 Å². The summed E-state index contributed by atoms with van der Waals surface area (Å²) >= 11 is 0. The van der Waals surface area contributed by atoms with Crippen molar-refractivity contribution in [3.8, 4) is 0 Å². The summed E-state index contributed by atoms with van der Waals surface area (Å²) < 4.78 is 4.77. The van der Waals surface area contributed by atoms with E-state index in [1.54, 1.807) is 6.92 Å². The van der Waals surface area contributed by atoms with Gasteiger partial charge in [-0.1, -0.05) is 12.1 Å². The molecule has 0 atom stereocenters. The minimum absolute atomic E-state index is 0.357. The molecule has 0 spiro atoms. The fourth-order valence-electron chi connectivity index (χ4n) is 1.43. The maximum Gasteiger partial charge on any atom is 0.411 e. The molecule has 4 nitrogen and oxygen atoms in total. The highest BCUT2D eigenvalue weighted by atomic mass is 16.5. The van der Waals surface area contributed by atoms with Crippen LogP contribution in [-0.2, 0) is 16.0 Å². The van der Waals surface area contributed by atoms with Crippen LogP contribution < -0.4 is 5.32 Å². The summed E-state index contributed by atoms with van der Waals surface area (Å²) in [5, 5.41) is 2.62. The molecular formula is C13H17NO3. The van der Waals surface area contributed by atoms with Crippen molar-refractivity contribution in [3.05, 3.63) is 29.8 Å². The first-order chi connectivity index (χ1) is 8.26. The number of benzene rings is 1. The zero-order chi connectivity index (χ0) is 12.5. The van der Waals surface area contributed by atoms with Crippen molar-refractivity contribution in [2.75, 3.05) is 11.9 Å². The van der Waals surface area contributed by atoms with Gasteiger partial charge in [0.1, 0.15) is 6.29 Å². The summed E-state index contributed by atoms with van der Waals surface area (Å²) in [6, 6.07) is 7.53. The lowest BCUT2D eigenvalue weighted by molar-refractivity contribution is -0.107. The van der Waals surface area contributed by atoms with E-state index in [1.807, 2.05) is 24.3 Å². The molecule has 4 heteroatoms. The van der Waals surface area contributed by atoms with E-state index in [4.69, 9.17) is 4.74 Å². The first kappa shape index (κ1) is 13.2. The van der Waals surface area contributed by atoms with Crippen LogP contribution in [0.4, 0.5) is 10.5 Å². The highest BCUT2D eigenvalue weighted by molar-refractivity contribution is 5.84. The number of ether oxygens (including phenoxy) is 1. The van der Waals surface area contributed by atoms with Gasteiger partial charge in [-0.25, -0.2) is 4.79 Å². The Bertz CT molecular complexity index is 359. The summed E-state index contributed by atoms with van der Waals surface area (Å²) in [5.74, 6) is 0. The van der Waals surface area contributed by atoms with Gasteiger partial charge in [-0.05, 0) is 37.5 Å². The second-order valence-corrected chi connectivity index (χ2v) is 3.60. The van der Waals surface area contributed by atoms with Crippen molar-refractivity contribution < 1.29 is 14.3 Å². The van der Waals surface area contributed by atoms with Crippen molar-refractivity contribution in [1.82, 2.24) is 0 Å². The first-order valence-corrected chi connectivity index (χ1v) is 5.72. The third-order valence-corrected chi connectivity index (χ3v) is 2.26. The number of nitrogens with one attached hydrogen (secondary N) is 1. The predicted molar refractivity (Wildman–Crippen MR) is 66.1 cm³/mol. The highest BCUT2D eigenvalue weighted by Gasteiger charge is 2.01. The molecule has 17 heavy (non-hydrogen) atoms. The maximum atomic E-state index is 11.1. The molecule has 0 saturated carbocycles. The van der Waals surface area contributed by atoms with Crippen LogP contribution in [0.1, 0.15) is 25.3 Å². The van der Waals surface area contributed by atoms with Crippen LogP contribution in [0.5, 0.6) is 0 Å². The molecule has 0 bridgehead atoms. The van der Waals surface area contributed by atoms with Gasteiger partial charge in [0.15, 0.2) is 0 Å². The van der Waals surface area contributed by atoms with Gasteiger partial charge in [-0.2, -0.15) is 0 Å². The summed E-state index contributed by atoms with van der Waals surface area (Å²) in [6.45, 7) is 2.12. The van der Waals surface area contributed by atoms with Crippen LogP contribution in [0.2, 0.25) is 0 Å². The molecule has 0 heterocycles. The Morgan fingerprint density at radius 2 is 2.06 bits per heavy atom. The number of hydrogen-bond donors (Lipinski definition) is 1. The van der Waals surface area contributed by atoms with Crippen molar-refractivity contribution in [1.29, 1.82) is 0 Å². The SMILES string of the molecule is CCOC(=O)Nc1ccc(CCCC=O)cc1. The zero-order valence-corrected chi connectivity index (χ0v) is 9.94. The molecule has 0 fully saturated rings. The van der Waals surface area contributed by atoms with Crippen molar-refractivity contribution in [2.45, 2.75) is 26.2 Å². The average Bonchev–Trinajstić information content (AvgIpc) is 2.32. The number of carbonyl (C=O) groups excluding carboxylic acids is 2. The summed E-state index contributed by atoms with van der Waals surface area (Å²) in [7, 11) is 0. The number of carbonyl (C=O) groups is 2. The lowest BCUT2D eigenvalue weighted by Crippen LogP contribution is -2.13. The monoisotopic (exact) mass is 235 g/mol. The van der Waals surface area contributed by atoms with Gasteiger partial charge in [0.2, 0.25) is 0 Å². The van der Waals surface area contributed by atoms with E-state index >= 15 is 0 Å². The molecule has 0 aromatic heterocycles. The number of unbranched alkanes of at least 4 members (excludes halogenated alkanes) is 1. The van der Waals surface area contributed by atoms with Crippen molar-refractivity contribution in [3.63, 3.8) is 0 Å². The first-order valence-electron chi connectivity index (χ1n) is 5.72. The van der Waals surface area contributed by atoms with E-state index < -0.39 is 6.09 Å². The molecule has 92 valence electrons. The second kappa shape index (κ2) is 7.44. The molecule has 0 aliphatic rings. The number of anilines is 1. The molecule has 1 aromatic rings. The maximum absolute atomic E-state index is 11.1. The summed E-state index contributed by atoms with van der Waals surface area (Å²) in [5.41, 5.74) is 1.86. The lowest BCUT2D eigenvalue weighted by Gasteiger charge is -2.06. The molecule has 0 unspecified atom stereocenters. The van der Waals surface area contributed by atoms with E-state index in [9.17, 15) is 9.59 Å². The normalized spacial score (nSPS) is 9.71. The van der Waals surface area contributed by atoms with E-state index in [1.165, 1.54) is 0 Å². The Morgan fingerprint density at radius 3 is 2.65 bits per heavy atom. The van der Waals surface area contributed by atoms with Gasteiger partial charge in [0.05, 0.1) is 6.61 Å². The molecular weight excluding hydrogens is 218 g/mol. The topological polar surface area (TPSA) is 55.4 Å². The van der Waals surface area contributed by atoms with E-state index in [-0.39, 0.29) is 0 Å². The quantitative estimate of drug-likeness (QED) is 0.609. The molecule has 1 N–H and O–H groups in total. The van der Waals surface area contributed by atoms with Gasteiger partial charge in [-0.3, -0.25) is 5.32 Å². The Labute approximate surface area is 101 Å². The number of aldehydes is 1. The molecule has 1 rings (SSSR count). The van der Waals surface area contributed by atoms with Gasteiger partial charge >= 0.3 is 6.09 Å². The Morgan fingerprint density at radius 1 is 1.35 bits per heavy atom. The van der Waals surface area contributed by atoms with Crippen LogP contribution in [0.15, 0.2) is 24.3 Å². The number of rotatable bonds is 6. The average molecular weight is 235 g/mol. The van der Waals surface area contributed by atoms with Crippen LogP contribution in [0.25, 0.3) is 0 Å². The van der Waals surface area contributed by atoms with E-state index in [2.05, 4.69) is 5.32 Å². The smallest absolute Gasteiger partial charge is 0.411 e. The van der Waals surface area contributed by atoms with Crippen LogP contribution >= 0.6 is 0 Å². The standard InChI is InChI=1S/C13H17NO3/c1-2-17-13(16)14-12-8-6-11(7-9-12)5-3-4-10-15/h6-10H,2-5H2,1H3,(H,14,16). The minimum atomic E-state index is -0.443.